The minimum Gasteiger partial charge on any atom is -0.378 e. The van der Waals surface area contributed by atoms with E-state index in [4.69, 9.17) is 4.74 Å². The molecule has 2 aromatic carbocycles. The van der Waals surface area contributed by atoms with Crippen LogP contribution in [0.1, 0.15) is 41.7 Å². The summed E-state index contributed by atoms with van der Waals surface area (Å²) in [4.78, 5) is 0. The Morgan fingerprint density at radius 3 is 2.77 bits per heavy atom. The monoisotopic (exact) mass is 297 g/mol. The number of halogens is 1. The highest BCUT2D eigenvalue weighted by molar-refractivity contribution is 5.58. The zero-order chi connectivity index (χ0) is 15.1. The highest BCUT2D eigenvalue weighted by atomic mass is 19.1. The molecule has 4 rings (SSSR count). The van der Waals surface area contributed by atoms with Crippen molar-refractivity contribution in [3.05, 3.63) is 65.0 Å². The maximum Gasteiger partial charge on any atom is 0.123 e. The largest absolute Gasteiger partial charge is 0.378 e. The van der Waals surface area contributed by atoms with Crippen LogP contribution in [0.15, 0.2) is 42.5 Å². The van der Waals surface area contributed by atoms with Crippen LogP contribution in [0.2, 0.25) is 0 Å². The molecule has 0 spiro atoms. The molecule has 0 aliphatic carbocycles. The lowest BCUT2D eigenvalue weighted by atomic mass is 9.77. The molecule has 0 radical (unpaired) electrons. The molecule has 3 atom stereocenters. The second kappa shape index (κ2) is 5.40. The van der Waals surface area contributed by atoms with Crippen LogP contribution in [0.25, 0.3) is 0 Å². The number of rotatable bonds is 1. The number of aryl methyl sites for hydroxylation is 1. The summed E-state index contributed by atoms with van der Waals surface area (Å²) in [6.07, 6.45) is 2.36. The van der Waals surface area contributed by atoms with E-state index in [1.165, 1.54) is 11.1 Å². The van der Waals surface area contributed by atoms with Gasteiger partial charge in [0.15, 0.2) is 0 Å². The minimum atomic E-state index is -0.188. The quantitative estimate of drug-likeness (QED) is 0.818. The summed E-state index contributed by atoms with van der Waals surface area (Å²) in [6, 6.07) is 13.5. The molecule has 2 aliphatic heterocycles. The van der Waals surface area contributed by atoms with Crippen LogP contribution in [0.3, 0.4) is 0 Å². The lowest BCUT2D eigenvalue weighted by Gasteiger charge is -2.43. The molecular weight excluding hydrogens is 277 g/mol. The molecule has 1 N–H and O–H groups in total. The third-order valence-corrected chi connectivity index (χ3v) is 4.85. The van der Waals surface area contributed by atoms with E-state index in [1.807, 2.05) is 12.1 Å². The normalized spacial score (nSPS) is 26.7. The molecule has 1 saturated heterocycles. The van der Waals surface area contributed by atoms with Crippen molar-refractivity contribution >= 4 is 5.69 Å². The lowest BCUT2D eigenvalue weighted by Crippen LogP contribution is -2.36. The van der Waals surface area contributed by atoms with Gasteiger partial charge in [0, 0.05) is 23.8 Å². The Labute approximate surface area is 130 Å². The average Bonchev–Trinajstić information content (AvgIpc) is 2.55. The van der Waals surface area contributed by atoms with Crippen molar-refractivity contribution in [1.29, 1.82) is 0 Å². The molecule has 0 aromatic heterocycles. The molecule has 22 heavy (non-hydrogen) atoms. The Morgan fingerprint density at radius 1 is 1.14 bits per heavy atom. The fourth-order valence-corrected chi connectivity index (χ4v) is 3.79. The predicted octanol–water partition coefficient (Wildman–Crippen LogP) is 4.77. The number of hydrogen-bond acceptors (Lipinski definition) is 2. The first kappa shape index (κ1) is 13.8. The minimum absolute atomic E-state index is 0.139. The summed E-state index contributed by atoms with van der Waals surface area (Å²) in [6.45, 7) is 2.94. The molecule has 2 aromatic rings. The summed E-state index contributed by atoms with van der Waals surface area (Å²) in [7, 11) is 0. The van der Waals surface area contributed by atoms with Crippen LogP contribution in [-0.2, 0) is 4.74 Å². The highest BCUT2D eigenvalue weighted by Crippen LogP contribution is 2.49. The fourth-order valence-electron chi connectivity index (χ4n) is 3.79. The van der Waals surface area contributed by atoms with Crippen molar-refractivity contribution in [3.63, 3.8) is 0 Å². The first-order valence-corrected chi connectivity index (χ1v) is 7.96. The SMILES string of the molecule is Cc1ccc2c(c1)[C@H]1OCCC[C@H]1[C@@H](c1ccc(F)cc1)N2. The van der Waals surface area contributed by atoms with E-state index in [0.717, 1.165) is 30.7 Å². The van der Waals surface area contributed by atoms with E-state index in [2.05, 4.69) is 30.4 Å². The van der Waals surface area contributed by atoms with Gasteiger partial charge in [0.2, 0.25) is 0 Å². The van der Waals surface area contributed by atoms with Crippen molar-refractivity contribution in [2.24, 2.45) is 5.92 Å². The van der Waals surface area contributed by atoms with Gasteiger partial charge in [-0.1, -0.05) is 29.8 Å². The molecule has 2 heterocycles. The topological polar surface area (TPSA) is 21.3 Å². The molecule has 0 amide bonds. The van der Waals surface area contributed by atoms with Crippen LogP contribution in [0, 0.1) is 18.7 Å². The molecule has 2 nitrogen and oxygen atoms in total. The molecular formula is C19H20FNO. The number of ether oxygens (including phenoxy) is 1. The molecule has 0 saturated carbocycles. The third-order valence-electron chi connectivity index (χ3n) is 4.85. The Hall–Kier alpha value is -1.87. The van der Waals surface area contributed by atoms with Gasteiger partial charge in [-0.2, -0.15) is 0 Å². The van der Waals surface area contributed by atoms with Crippen molar-refractivity contribution < 1.29 is 9.13 Å². The van der Waals surface area contributed by atoms with Crippen LogP contribution in [0.5, 0.6) is 0 Å². The van der Waals surface area contributed by atoms with Crippen LogP contribution < -0.4 is 5.32 Å². The standard InChI is InChI=1S/C19H20FNO/c1-12-4-9-17-16(11-12)19-15(3-2-10-22-19)18(21-17)13-5-7-14(20)8-6-13/h4-9,11,15,18-19,21H,2-3,10H2,1H3/t15-,18+,19-/m0/s1. The summed E-state index contributed by atoms with van der Waals surface area (Å²) < 4.78 is 19.3. The van der Waals surface area contributed by atoms with Gasteiger partial charge >= 0.3 is 0 Å². The number of benzene rings is 2. The number of nitrogens with one attached hydrogen (secondary N) is 1. The smallest absolute Gasteiger partial charge is 0.123 e. The van der Waals surface area contributed by atoms with Crippen molar-refractivity contribution in [3.8, 4) is 0 Å². The van der Waals surface area contributed by atoms with E-state index < -0.39 is 0 Å². The Morgan fingerprint density at radius 2 is 1.95 bits per heavy atom. The zero-order valence-corrected chi connectivity index (χ0v) is 12.7. The zero-order valence-electron chi connectivity index (χ0n) is 12.7. The van der Waals surface area contributed by atoms with Gasteiger partial charge in [-0.05, 0) is 43.5 Å². The van der Waals surface area contributed by atoms with E-state index in [0.29, 0.717) is 5.92 Å². The van der Waals surface area contributed by atoms with Crippen LogP contribution >= 0.6 is 0 Å². The molecule has 0 bridgehead atoms. The van der Waals surface area contributed by atoms with Crippen LogP contribution in [-0.4, -0.2) is 6.61 Å². The lowest BCUT2D eigenvalue weighted by molar-refractivity contribution is -0.0381. The fraction of sp³-hybridized carbons (Fsp3) is 0.368. The number of hydrogen-bond donors (Lipinski definition) is 1. The number of fused-ring (bicyclic) bond motifs is 3. The Kier molecular flexibility index (Phi) is 3.38. The first-order valence-electron chi connectivity index (χ1n) is 7.96. The second-order valence-electron chi connectivity index (χ2n) is 6.36. The van der Waals surface area contributed by atoms with Gasteiger partial charge in [0.1, 0.15) is 5.82 Å². The Bertz CT molecular complexity index is 682. The predicted molar refractivity (Wildman–Crippen MR) is 85.4 cm³/mol. The average molecular weight is 297 g/mol. The molecule has 1 fully saturated rings. The molecule has 0 unspecified atom stereocenters. The van der Waals surface area contributed by atoms with E-state index in [9.17, 15) is 4.39 Å². The maximum atomic E-state index is 13.2. The second-order valence-corrected chi connectivity index (χ2v) is 6.36. The third kappa shape index (κ3) is 2.30. The summed E-state index contributed by atoms with van der Waals surface area (Å²) in [5.74, 6) is 0.209. The molecule has 114 valence electrons. The van der Waals surface area contributed by atoms with E-state index >= 15 is 0 Å². The molecule has 2 aliphatic rings. The van der Waals surface area contributed by atoms with E-state index in [-0.39, 0.29) is 18.0 Å². The van der Waals surface area contributed by atoms with Crippen molar-refractivity contribution in [2.75, 3.05) is 11.9 Å². The van der Waals surface area contributed by atoms with Gasteiger partial charge < -0.3 is 10.1 Å². The first-order chi connectivity index (χ1) is 10.7. The van der Waals surface area contributed by atoms with Gasteiger partial charge in [-0.25, -0.2) is 4.39 Å². The van der Waals surface area contributed by atoms with Crippen LogP contribution in [0.4, 0.5) is 10.1 Å². The van der Waals surface area contributed by atoms with Gasteiger partial charge in [-0.15, -0.1) is 0 Å². The van der Waals surface area contributed by atoms with Crippen molar-refractivity contribution in [2.45, 2.75) is 31.9 Å². The number of anilines is 1. The van der Waals surface area contributed by atoms with Gasteiger partial charge in [-0.3, -0.25) is 0 Å². The Balaban J connectivity index is 1.77. The summed E-state index contributed by atoms with van der Waals surface area (Å²) in [5, 5.41) is 3.66. The summed E-state index contributed by atoms with van der Waals surface area (Å²) >= 11 is 0. The maximum absolute atomic E-state index is 13.2. The highest BCUT2D eigenvalue weighted by Gasteiger charge is 2.39. The van der Waals surface area contributed by atoms with Gasteiger partial charge in [0.25, 0.3) is 0 Å². The van der Waals surface area contributed by atoms with Gasteiger partial charge in [0.05, 0.1) is 12.1 Å². The van der Waals surface area contributed by atoms with E-state index in [1.54, 1.807) is 12.1 Å². The molecule has 3 heteroatoms. The summed E-state index contributed by atoms with van der Waals surface area (Å²) in [5.41, 5.74) is 4.80. The van der Waals surface area contributed by atoms with Crippen molar-refractivity contribution in [1.82, 2.24) is 0 Å².